The summed E-state index contributed by atoms with van der Waals surface area (Å²) in [6, 6.07) is 1.80. The summed E-state index contributed by atoms with van der Waals surface area (Å²) in [7, 11) is 0. The number of nitrogens with zero attached hydrogens (tertiary/aromatic N) is 3. The van der Waals surface area contributed by atoms with Gasteiger partial charge in [0.1, 0.15) is 10.7 Å². The highest BCUT2D eigenvalue weighted by Gasteiger charge is 2.21. The van der Waals surface area contributed by atoms with Crippen LogP contribution >= 0.6 is 12.2 Å². The third-order valence-electron chi connectivity index (χ3n) is 3.25. The van der Waals surface area contributed by atoms with Crippen molar-refractivity contribution in [2.45, 2.75) is 19.8 Å². The van der Waals surface area contributed by atoms with Gasteiger partial charge in [0.2, 0.25) is 5.95 Å². The first kappa shape index (κ1) is 13.2. The van der Waals surface area contributed by atoms with Crippen LogP contribution in [0.4, 0.5) is 5.95 Å². The van der Waals surface area contributed by atoms with Gasteiger partial charge >= 0.3 is 0 Å². The number of aryl methyl sites for hydroxylation is 1. The van der Waals surface area contributed by atoms with E-state index < -0.39 is 0 Å². The Morgan fingerprint density at radius 2 is 2.17 bits per heavy atom. The molecule has 2 heterocycles. The van der Waals surface area contributed by atoms with E-state index in [1.807, 2.05) is 6.92 Å². The highest BCUT2D eigenvalue weighted by atomic mass is 32.1. The molecule has 0 radical (unpaired) electrons. The number of anilines is 1. The Morgan fingerprint density at radius 1 is 1.50 bits per heavy atom. The molecule has 18 heavy (non-hydrogen) atoms. The smallest absolute Gasteiger partial charge is 0.226 e. The first-order valence-corrected chi connectivity index (χ1v) is 6.52. The minimum absolute atomic E-state index is 0.265. The van der Waals surface area contributed by atoms with E-state index in [1.54, 1.807) is 6.07 Å². The third kappa shape index (κ3) is 2.94. The molecule has 1 aromatic heterocycles. The maximum atomic E-state index is 9.13. The first-order chi connectivity index (χ1) is 8.60. The molecule has 1 aliphatic heterocycles. The molecule has 1 aromatic rings. The molecule has 2 rings (SSSR count). The Balaban J connectivity index is 2.16. The zero-order valence-corrected chi connectivity index (χ0v) is 11.3. The van der Waals surface area contributed by atoms with Gasteiger partial charge in [-0.05, 0) is 31.7 Å². The van der Waals surface area contributed by atoms with E-state index in [2.05, 4.69) is 14.9 Å². The maximum absolute atomic E-state index is 9.13. The van der Waals surface area contributed by atoms with E-state index in [9.17, 15) is 0 Å². The van der Waals surface area contributed by atoms with Crippen LogP contribution in [0, 0.1) is 12.8 Å². The van der Waals surface area contributed by atoms with Crippen molar-refractivity contribution in [3.63, 3.8) is 0 Å². The fourth-order valence-electron chi connectivity index (χ4n) is 2.14. The quantitative estimate of drug-likeness (QED) is 0.782. The van der Waals surface area contributed by atoms with E-state index >= 15 is 0 Å². The number of rotatable bonds is 3. The molecular weight excluding hydrogens is 248 g/mol. The van der Waals surface area contributed by atoms with Crippen LogP contribution in [-0.4, -0.2) is 39.8 Å². The average Bonchev–Trinajstić information content (AvgIpc) is 2.38. The van der Waals surface area contributed by atoms with Gasteiger partial charge in [0.05, 0.1) is 0 Å². The lowest BCUT2D eigenvalue weighted by Crippen LogP contribution is -2.36. The average molecular weight is 266 g/mol. The standard InChI is InChI=1S/C12H18N4OS/c1-8-6-10(11(13)18)15-12(14-8)16-4-2-9(7-17)3-5-16/h6,9,17H,2-5,7H2,1H3,(H2,13,18). The SMILES string of the molecule is Cc1cc(C(N)=S)nc(N2CCC(CO)CC2)n1. The summed E-state index contributed by atoms with van der Waals surface area (Å²) in [6.45, 7) is 3.91. The summed E-state index contributed by atoms with van der Waals surface area (Å²) in [5, 5.41) is 9.13. The molecule has 0 bridgehead atoms. The maximum Gasteiger partial charge on any atom is 0.226 e. The predicted octanol–water partition coefficient (Wildman–Crippen LogP) is 0.628. The van der Waals surface area contributed by atoms with Crippen LogP contribution < -0.4 is 10.6 Å². The van der Waals surface area contributed by atoms with Crippen molar-refractivity contribution in [2.75, 3.05) is 24.6 Å². The van der Waals surface area contributed by atoms with Crippen molar-refractivity contribution < 1.29 is 5.11 Å². The lowest BCUT2D eigenvalue weighted by molar-refractivity contribution is 0.202. The van der Waals surface area contributed by atoms with E-state index in [-0.39, 0.29) is 6.61 Å². The van der Waals surface area contributed by atoms with Gasteiger partial charge in [0.15, 0.2) is 0 Å². The number of hydrogen-bond donors (Lipinski definition) is 2. The highest BCUT2D eigenvalue weighted by Crippen LogP contribution is 2.20. The molecule has 1 saturated heterocycles. The molecule has 6 heteroatoms. The lowest BCUT2D eigenvalue weighted by Gasteiger charge is -2.31. The van der Waals surface area contributed by atoms with E-state index in [1.165, 1.54) is 0 Å². The molecular formula is C12H18N4OS. The topological polar surface area (TPSA) is 75.3 Å². The summed E-state index contributed by atoms with van der Waals surface area (Å²) < 4.78 is 0. The minimum Gasteiger partial charge on any atom is -0.396 e. The molecule has 1 aliphatic rings. The van der Waals surface area contributed by atoms with Crippen molar-refractivity contribution in [1.29, 1.82) is 0 Å². The van der Waals surface area contributed by atoms with E-state index in [0.717, 1.165) is 31.6 Å². The van der Waals surface area contributed by atoms with Gasteiger partial charge in [0.25, 0.3) is 0 Å². The molecule has 1 fully saturated rings. The van der Waals surface area contributed by atoms with Crippen molar-refractivity contribution in [3.8, 4) is 0 Å². The Labute approximate surface area is 112 Å². The third-order valence-corrected chi connectivity index (χ3v) is 3.46. The molecule has 0 saturated carbocycles. The normalized spacial score (nSPS) is 16.9. The molecule has 0 atom stereocenters. The second-order valence-electron chi connectivity index (χ2n) is 4.67. The van der Waals surface area contributed by atoms with Gasteiger partial charge in [-0.2, -0.15) is 0 Å². The largest absolute Gasteiger partial charge is 0.396 e. The summed E-state index contributed by atoms with van der Waals surface area (Å²) in [5.74, 6) is 1.09. The van der Waals surface area contributed by atoms with Crippen LogP contribution in [0.25, 0.3) is 0 Å². The zero-order chi connectivity index (χ0) is 13.1. The zero-order valence-electron chi connectivity index (χ0n) is 10.5. The fraction of sp³-hybridized carbons (Fsp3) is 0.583. The Kier molecular flexibility index (Phi) is 4.08. The molecule has 5 nitrogen and oxygen atoms in total. The van der Waals surface area contributed by atoms with Gasteiger partial charge in [-0.1, -0.05) is 12.2 Å². The van der Waals surface area contributed by atoms with E-state index in [0.29, 0.717) is 22.5 Å². The lowest BCUT2D eigenvalue weighted by atomic mass is 9.98. The van der Waals surface area contributed by atoms with Crippen LogP contribution in [0.1, 0.15) is 24.2 Å². The molecule has 0 aliphatic carbocycles. The second kappa shape index (κ2) is 5.58. The molecule has 0 unspecified atom stereocenters. The van der Waals surface area contributed by atoms with Gasteiger partial charge in [-0.15, -0.1) is 0 Å². The molecule has 0 amide bonds. The number of hydrogen-bond acceptors (Lipinski definition) is 5. The predicted molar refractivity (Wildman–Crippen MR) is 74.7 cm³/mol. The van der Waals surface area contributed by atoms with Gasteiger partial charge < -0.3 is 15.7 Å². The van der Waals surface area contributed by atoms with Crippen molar-refractivity contribution in [1.82, 2.24) is 9.97 Å². The number of aliphatic hydroxyl groups excluding tert-OH is 1. The number of nitrogens with two attached hydrogens (primary N) is 1. The molecule has 3 N–H and O–H groups in total. The summed E-state index contributed by atoms with van der Waals surface area (Å²) in [4.78, 5) is 11.2. The van der Waals surface area contributed by atoms with Crippen molar-refractivity contribution in [3.05, 3.63) is 17.5 Å². The fourth-order valence-corrected chi connectivity index (χ4v) is 2.24. The molecule has 98 valence electrons. The van der Waals surface area contributed by atoms with Gasteiger partial charge in [0, 0.05) is 25.4 Å². The van der Waals surface area contributed by atoms with Crippen molar-refractivity contribution >= 4 is 23.2 Å². The van der Waals surface area contributed by atoms with Crippen LogP contribution in [0.5, 0.6) is 0 Å². The summed E-state index contributed by atoms with van der Waals surface area (Å²) >= 11 is 4.96. The van der Waals surface area contributed by atoms with Crippen LogP contribution in [-0.2, 0) is 0 Å². The minimum atomic E-state index is 0.265. The van der Waals surface area contributed by atoms with Gasteiger partial charge in [-0.3, -0.25) is 0 Å². The Bertz CT molecular complexity index is 444. The number of piperidine rings is 1. The van der Waals surface area contributed by atoms with Gasteiger partial charge in [-0.25, -0.2) is 9.97 Å². The number of thiocarbonyl (C=S) groups is 1. The van der Waals surface area contributed by atoms with E-state index in [4.69, 9.17) is 23.1 Å². The molecule has 0 spiro atoms. The number of aromatic nitrogens is 2. The van der Waals surface area contributed by atoms with Crippen molar-refractivity contribution in [2.24, 2.45) is 11.7 Å². The number of aliphatic hydroxyl groups is 1. The first-order valence-electron chi connectivity index (χ1n) is 6.11. The molecule has 0 aromatic carbocycles. The van der Waals surface area contributed by atoms with Crippen LogP contribution in [0.3, 0.4) is 0 Å². The summed E-state index contributed by atoms with van der Waals surface area (Å²) in [5.41, 5.74) is 7.10. The Morgan fingerprint density at radius 3 is 2.72 bits per heavy atom. The summed E-state index contributed by atoms with van der Waals surface area (Å²) in [6.07, 6.45) is 1.94. The Hall–Kier alpha value is -1.27. The van der Waals surface area contributed by atoms with Crippen LogP contribution in [0.2, 0.25) is 0 Å². The second-order valence-corrected chi connectivity index (χ2v) is 5.11. The highest BCUT2D eigenvalue weighted by molar-refractivity contribution is 7.80. The monoisotopic (exact) mass is 266 g/mol. The van der Waals surface area contributed by atoms with Crippen LogP contribution in [0.15, 0.2) is 6.07 Å².